The van der Waals surface area contributed by atoms with Crippen LogP contribution in [-0.4, -0.2) is 37.5 Å². The lowest BCUT2D eigenvalue weighted by Gasteiger charge is -2.13. The van der Waals surface area contributed by atoms with E-state index in [1.165, 1.54) is 0 Å². The predicted octanol–water partition coefficient (Wildman–Crippen LogP) is 1.36. The number of rotatable bonds is 5. The maximum absolute atomic E-state index is 8.96. The number of benzene rings is 1. The van der Waals surface area contributed by atoms with Crippen molar-refractivity contribution in [2.24, 2.45) is 0 Å². The summed E-state index contributed by atoms with van der Waals surface area (Å²) in [5.74, 6) is 3.21. The highest BCUT2D eigenvalue weighted by Gasteiger charge is 2.07. The maximum atomic E-state index is 8.96. The molecule has 4 heteroatoms. The van der Waals surface area contributed by atoms with Crippen LogP contribution in [0.3, 0.4) is 0 Å². The number of hydrogen-bond donors (Lipinski definition) is 3. The van der Waals surface area contributed by atoms with Gasteiger partial charge >= 0.3 is 0 Å². The fourth-order valence-corrected chi connectivity index (χ4v) is 1.93. The lowest BCUT2D eigenvalue weighted by molar-refractivity contribution is 0.170. The van der Waals surface area contributed by atoms with Gasteiger partial charge in [0, 0.05) is 12.1 Å². The number of aliphatic hydroxyl groups excluding tert-OH is 2. The van der Waals surface area contributed by atoms with Crippen LogP contribution in [0.4, 0.5) is 0 Å². The molecule has 0 unspecified atom stereocenters. The van der Waals surface area contributed by atoms with Gasteiger partial charge in [0.15, 0.2) is 0 Å². The molecule has 1 aromatic rings. The van der Waals surface area contributed by atoms with Crippen LogP contribution in [0.15, 0.2) is 24.3 Å². The molecule has 3 nitrogen and oxygen atoms in total. The molecule has 104 valence electrons. The summed E-state index contributed by atoms with van der Waals surface area (Å²) in [5, 5.41) is 21.0. The van der Waals surface area contributed by atoms with E-state index in [1.54, 1.807) is 0 Å². The smallest absolute Gasteiger partial charge is 0.129 e. The Labute approximate surface area is 116 Å². The molecule has 19 heavy (non-hydrogen) atoms. The van der Waals surface area contributed by atoms with Gasteiger partial charge in [0.1, 0.15) is 8.07 Å². The third-order valence-electron chi connectivity index (χ3n) is 2.57. The van der Waals surface area contributed by atoms with Crippen molar-refractivity contribution in [3.05, 3.63) is 35.4 Å². The predicted molar refractivity (Wildman–Crippen MR) is 81.5 cm³/mol. The molecule has 0 aliphatic rings. The van der Waals surface area contributed by atoms with E-state index in [4.69, 9.17) is 10.2 Å². The van der Waals surface area contributed by atoms with E-state index in [2.05, 4.69) is 36.4 Å². The highest BCUT2D eigenvalue weighted by molar-refractivity contribution is 6.83. The molecule has 0 saturated heterocycles. The van der Waals surface area contributed by atoms with Gasteiger partial charge in [-0.2, -0.15) is 0 Å². The van der Waals surface area contributed by atoms with Gasteiger partial charge in [-0.05, 0) is 17.7 Å². The van der Waals surface area contributed by atoms with Crippen LogP contribution in [0.1, 0.15) is 11.1 Å². The third kappa shape index (κ3) is 6.55. The lowest BCUT2D eigenvalue weighted by atomic mass is 10.1. The standard InChI is InChI=1S/C15H23NO2Si/c1-19(2,3)9-8-13-4-6-14(7-5-13)10-16-15(11-17)12-18/h4-7,15-18H,10-12H2,1-3H3. The van der Waals surface area contributed by atoms with E-state index >= 15 is 0 Å². The summed E-state index contributed by atoms with van der Waals surface area (Å²) < 4.78 is 0. The summed E-state index contributed by atoms with van der Waals surface area (Å²) >= 11 is 0. The van der Waals surface area contributed by atoms with Crippen LogP contribution in [0, 0.1) is 11.5 Å². The van der Waals surface area contributed by atoms with Crippen molar-refractivity contribution in [2.45, 2.75) is 32.2 Å². The van der Waals surface area contributed by atoms with Crippen LogP contribution in [0.5, 0.6) is 0 Å². The van der Waals surface area contributed by atoms with Crippen molar-refractivity contribution in [3.8, 4) is 11.5 Å². The normalized spacial score (nSPS) is 11.3. The SMILES string of the molecule is C[Si](C)(C)C#Cc1ccc(CNC(CO)CO)cc1. The molecule has 0 aromatic heterocycles. The first kappa shape index (κ1) is 15.9. The van der Waals surface area contributed by atoms with Gasteiger partial charge in [-0.3, -0.25) is 0 Å². The molecule has 0 bridgehead atoms. The quantitative estimate of drug-likeness (QED) is 0.563. The highest BCUT2D eigenvalue weighted by Crippen LogP contribution is 2.05. The minimum absolute atomic E-state index is 0.0593. The molecule has 0 heterocycles. The monoisotopic (exact) mass is 277 g/mol. The highest BCUT2D eigenvalue weighted by atomic mass is 28.3. The zero-order valence-corrected chi connectivity index (χ0v) is 12.9. The molecule has 0 spiro atoms. The largest absolute Gasteiger partial charge is 0.395 e. The second-order valence-electron chi connectivity index (χ2n) is 5.64. The zero-order valence-electron chi connectivity index (χ0n) is 11.9. The van der Waals surface area contributed by atoms with Gasteiger partial charge in [-0.15, -0.1) is 5.54 Å². The Morgan fingerprint density at radius 3 is 2.16 bits per heavy atom. The van der Waals surface area contributed by atoms with E-state index in [9.17, 15) is 0 Å². The molecule has 0 amide bonds. The maximum Gasteiger partial charge on any atom is 0.129 e. The van der Waals surface area contributed by atoms with E-state index in [0.29, 0.717) is 6.54 Å². The molecule has 0 fully saturated rings. The van der Waals surface area contributed by atoms with Gasteiger partial charge < -0.3 is 15.5 Å². The van der Waals surface area contributed by atoms with Crippen molar-refractivity contribution in [1.29, 1.82) is 0 Å². The van der Waals surface area contributed by atoms with E-state index in [1.807, 2.05) is 24.3 Å². The van der Waals surface area contributed by atoms with Gasteiger partial charge in [-0.1, -0.05) is 37.7 Å². The zero-order chi connectivity index (χ0) is 14.3. The topological polar surface area (TPSA) is 52.5 Å². The summed E-state index contributed by atoms with van der Waals surface area (Å²) in [6.07, 6.45) is 0. The first-order chi connectivity index (χ1) is 8.94. The average Bonchev–Trinajstić information content (AvgIpc) is 2.38. The minimum Gasteiger partial charge on any atom is -0.395 e. The molecule has 1 rings (SSSR count). The molecule has 3 N–H and O–H groups in total. The molecular weight excluding hydrogens is 254 g/mol. The Morgan fingerprint density at radius 1 is 1.11 bits per heavy atom. The van der Waals surface area contributed by atoms with Crippen molar-refractivity contribution in [1.82, 2.24) is 5.32 Å². The molecule has 1 aromatic carbocycles. The number of nitrogens with one attached hydrogen (secondary N) is 1. The van der Waals surface area contributed by atoms with Crippen LogP contribution < -0.4 is 5.32 Å². The van der Waals surface area contributed by atoms with E-state index in [-0.39, 0.29) is 19.3 Å². The molecule has 0 aliphatic carbocycles. The molecule has 0 saturated carbocycles. The van der Waals surface area contributed by atoms with E-state index in [0.717, 1.165) is 11.1 Å². The lowest BCUT2D eigenvalue weighted by Crippen LogP contribution is -2.35. The Kier molecular flexibility index (Phi) is 6.26. The van der Waals surface area contributed by atoms with Crippen molar-refractivity contribution in [2.75, 3.05) is 13.2 Å². The first-order valence-electron chi connectivity index (χ1n) is 6.52. The Bertz CT molecular complexity index is 436. The Balaban J connectivity index is 2.59. The van der Waals surface area contributed by atoms with Crippen LogP contribution in [0.2, 0.25) is 19.6 Å². The second-order valence-corrected chi connectivity index (χ2v) is 10.4. The third-order valence-corrected chi connectivity index (χ3v) is 3.45. The van der Waals surface area contributed by atoms with Crippen molar-refractivity contribution < 1.29 is 10.2 Å². The summed E-state index contributed by atoms with van der Waals surface area (Å²) in [5.41, 5.74) is 5.48. The van der Waals surface area contributed by atoms with E-state index < -0.39 is 8.07 Å². The second kappa shape index (κ2) is 7.46. The number of hydrogen-bond acceptors (Lipinski definition) is 3. The number of aliphatic hydroxyl groups is 2. The van der Waals surface area contributed by atoms with Gasteiger partial charge in [0.2, 0.25) is 0 Å². The fourth-order valence-electron chi connectivity index (χ4n) is 1.41. The molecule has 0 atom stereocenters. The van der Waals surface area contributed by atoms with Crippen LogP contribution in [0.25, 0.3) is 0 Å². The van der Waals surface area contributed by atoms with Crippen LogP contribution in [-0.2, 0) is 6.54 Å². The van der Waals surface area contributed by atoms with Crippen molar-refractivity contribution >= 4 is 8.07 Å². The summed E-state index contributed by atoms with van der Waals surface area (Å²) in [6, 6.07) is 7.81. The first-order valence-corrected chi connectivity index (χ1v) is 10.0. The van der Waals surface area contributed by atoms with Gasteiger partial charge in [0.25, 0.3) is 0 Å². The minimum atomic E-state index is -1.32. The summed E-state index contributed by atoms with van der Waals surface area (Å²) in [4.78, 5) is 0. The molecule has 0 aliphatic heterocycles. The van der Waals surface area contributed by atoms with Gasteiger partial charge in [-0.25, -0.2) is 0 Å². The molecule has 0 radical (unpaired) electrons. The van der Waals surface area contributed by atoms with Crippen LogP contribution >= 0.6 is 0 Å². The fraction of sp³-hybridized carbons (Fsp3) is 0.467. The van der Waals surface area contributed by atoms with Gasteiger partial charge in [0.05, 0.1) is 19.3 Å². The summed E-state index contributed by atoms with van der Waals surface area (Å²) in [7, 11) is -1.32. The Hall–Kier alpha value is -1.12. The molecular formula is C15H23NO2Si. The average molecular weight is 277 g/mol. The Morgan fingerprint density at radius 2 is 1.68 bits per heavy atom. The summed E-state index contributed by atoms with van der Waals surface area (Å²) in [6.45, 7) is 7.19. The van der Waals surface area contributed by atoms with Crippen molar-refractivity contribution in [3.63, 3.8) is 0 Å².